The second-order valence-corrected chi connectivity index (χ2v) is 5.35. The third kappa shape index (κ3) is 3.50. The first-order valence-corrected chi connectivity index (χ1v) is 6.70. The second kappa shape index (κ2) is 5.24. The highest BCUT2D eigenvalue weighted by molar-refractivity contribution is 7.13. The van der Waals surface area contributed by atoms with Gasteiger partial charge in [0.15, 0.2) is 5.13 Å². The molecule has 0 aromatic carbocycles. The molecule has 17 heavy (non-hydrogen) atoms. The summed E-state index contributed by atoms with van der Waals surface area (Å²) in [4.78, 5) is 19.0. The number of carboxylic acid groups (broad SMARTS) is 1. The van der Waals surface area contributed by atoms with Crippen molar-refractivity contribution in [1.82, 2.24) is 9.97 Å². The molecule has 0 saturated heterocycles. The molecule has 0 aliphatic rings. The zero-order chi connectivity index (χ0) is 12.3. The Balaban J connectivity index is 1.91. The number of thiazole rings is 2. The van der Waals surface area contributed by atoms with Crippen LogP contribution in [0.25, 0.3) is 0 Å². The molecule has 2 heterocycles. The summed E-state index contributed by atoms with van der Waals surface area (Å²) in [6.45, 7) is 2.58. The van der Waals surface area contributed by atoms with Crippen LogP contribution in [0.3, 0.4) is 0 Å². The van der Waals surface area contributed by atoms with Crippen molar-refractivity contribution in [3.63, 3.8) is 0 Å². The summed E-state index contributed by atoms with van der Waals surface area (Å²) < 4.78 is 0. The summed E-state index contributed by atoms with van der Waals surface area (Å²) in [6, 6.07) is 0. The topological polar surface area (TPSA) is 75.1 Å². The number of carboxylic acids is 1. The largest absolute Gasteiger partial charge is 0.481 e. The molecule has 0 aliphatic carbocycles. The minimum absolute atomic E-state index is 0.0337. The van der Waals surface area contributed by atoms with Crippen LogP contribution in [0.15, 0.2) is 10.8 Å². The first-order chi connectivity index (χ1) is 8.13. The van der Waals surface area contributed by atoms with Gasteiger partial charge < -0.3 is 10.4 Å². The quantitative estimate of drug-likeness (QED) is 0.870. The first kappa shape index (κ1) is 12.0. The molecular formula is C10H11N3O2S2. The third-order valence-electron chi connectivity index (χ3n) is 1.97. The van der Waals surface area contributed by atoms with Gasteiger partial charge in [0.2, 0.25) is 0 Å². The lowest BCUT2D eigenvalue weighted by Gasteiger charge is -1.98. The molecule has 2 rings (SSSR count). The van der Waals surface area contributed by atoms with Crippen LogP contribution >= 0.6 is 22.7 Å². The number of nitrogens with one attached hydrogen (secondary N) is 1. The van der Waals surface area contributed by atoms with Gasteiger partial charge in [0.1, 0.15) is 0 Å². The molecule has 2 N–H and O–H groups in total. The minimum Gasteiger partial charge on any atom is -0.481 e. The zero-order valence-corrected chi connectivity index (χ0v) is 10.8. The number of hydrogen-bond donors (Lipinski definition) is 2. The number of aromatic nitrogens is 2. The Kier molecular flexibility index (Phi) is 3.70. The molecule has 0 fully saturated rings. The predicted octanol–water partition coefficient (Wildman–Crippen LogP) is 2.15. The Bertz CT molecular complexity index is 521. The molecule has 2 aromatic rings. The molecule has 0 atom stereocenters. The summed E-state index contributed by atoms with van der Waals surface area (Å²) >= 11 is 3.01. The van der Waals surface area contributed by atoms with Crippen molar-refractivity contribution >= 4 is 33.8 Å². The molecule has 0 radical (unpaired) electrons. The van der Waals surface area contributed by atoms with E-state index < -0.39 is 5.97 Å². The van der Waals surface area contributed by atoms with E-state index in [4.69, 9.17) is 5.11 Å². The van der Waals surface area contributed by atoms with E-state index in [2.05, 4.69) is 15.3 Å². The van der Waals surface area contributed by atoms with E-state index in [1.807, 2.05) is 12.3 Å². The van der Waals surface area contributed by atoms with Gasteiger partial charge in [-0.2, -0.15) is 0 Å². The van der Waals surface area contributed by atoms with Crippen LogP contribution in [-0.4, -0.2) is 21.0 Å². The van der Waals surface area contributed by atoms with E-state index in [1.165, 1.54) is 11.3 Å². The van der Waals surface area contributed by atoms with E-state index in [0.717, 1.165) is 15.8 Å². The van der Waals surface area contributed by atoms with Gasteiger partial charge in [-0.15, -0.1) is 22.7 Å². The zero-order valence-electron chi connectivity index (χ0n) is 9.14. The summed E-state index contributed by atoms with van der Waals surface area (Å²) in [5, 5.41) is 17.3. The van der Waals surface area contributed by atoms with Crippen molar-refractivity contribution in [2.45, 2.75) is 19.9 Å². The molecule has 0 aliphatic heterocycles. The Morgan fingerprint density at radius 1 is 1.35 bits per heavy atom. The number of aryl methyl sites for hydroxylation is 1. The van der Waals surface area contributed by atoms with Crippen LogP contribution in [-0.2, 0) is 17.8 Å². The normalized spacial score (nSPS) is 10.4. The Hall–Kier alpha value is -1.47. The average Bonchev–Trinajstić information content (AvgIpc) is 2.84. The number of carbonyl (C=O) groups is 1. The van der Waals surface area contributed by atoms with E-state index in [0.29, 0.717) is 12.2 Å². The monoisotopic (exact) mass is 269 g/mol. The number of hydrogen-bond acceptors (Lipinski definition) is 6. The maximum absolute atomic E-state index is 10.5. The second-order valence-electron chi connectivity index (χ2n) is 3.43. The van der Waals surface area contributed by atoms with Crippen LogP contribution in [0.4, 0.5) is 5.13 Å². The van der Waals surface area contributed by atoms with E-state index in [1.54, 1.807) is 16.7 Å². The standard InChI is InChI=1S/C10H11N3O2S2/c1-6-12-8(5-16-6)3-11-10-13-7(4-17-10)2-9(14)15/h4-5H,2-3H2,1H3,(H,11,13)(H,14,15). The molecule has 0 spiro atoms. The van der Waals surface area contributed by atoms with E-state index >= 15 is 0 Å². The lowest BCUT2D eigenvalue weighted by Crippen LogP contribution is -2.02. The fourth-order valence-electron chi connectivity index (χ4n) is 1.28. The third-order valence-corrected chi connectivity index (χ3v) is 3.64. The predicted molar refractivity (Wildman–Crippen MR) is 67.6 cm³/mol. The van der Waals surface area contributed by atoms with Gasteiger partial charge in [0, 0.05) is 10.8 Å². The smallest absolute Gasteiger partial charge is 0.309 e. The highest BCUT2D eigenvalue weighted by Gasteiger charge is 2.06. The van der Waals surface area contributed by atoms with Gasteiger partial charge in [-0.25, -0.2) is 9.97 Å². The highest BCUT2D eigenvalue weighted by atomic mass is 32.1. The SMILES string of the molecule is Cc1nc(CNc2nc(CC(=O)O)cs2)cs1. The fourth-order valence-corrected chi connectivity index (χ4v) is 2.60. The first-order valence-electron chi connectivity index (χ1n) is 4.94. The van der Waals surface area contributed by atoms with Crippen LogP contribution < -0.4 is 5.32 Å². The summed E-state index contributed by atoms with van der Waals surface area (Å²) in [6.07, 6.45) is -0.0337. The lowest BCUT2D eigenvalue weighted by molar-refractivity contribution is -0.136. The Labute approximate surface area is 106 Å². The van der Waals surface area contributed by atoms with Crippen LogP contribution in [0, 0.1) is 6.92 Å². The molecule has 7 heteroatoms. The van der Waals surface area contributed by atoms with Crippen molar-refractivity contribution in [2.24, 2.45) is 0 Å². The summed E-state index contributed by atoms with van der Waals surface area (Å²) in [5.41, 5.74) is 1.56. The van der Waals surface area contributed by atoms with Crippen molar-refractivity contribution in [3.8, 4) is 0 Å². The van der Waals surface area contributed by atoms with Gasteiger partial charge in [-0.3, -0.25) is 4.79 Å². The molecular weight excluding hydrogens is 258 g/mol. The van der Waals surface area contributed by atoms with E-state index in [-0.39, 0.29) is 6.42 Å². The molecule has 5 nitrogen and oxygen atoms in total. The molecule has 0 amide bonds. The summed E-state index contributed by atoms with van der Waals surface area (Å²) in [5.74, 6) is -0.864. The van der Waals surface area contributed by atoms with Crippen molar-refractivity contribution in [2.75, 3.05) is 5.32 Å². The number of nitrogens with zero attached hydrogens (tertiary/aromatic N) is 2. The molecule has 2 aromatic heterocycles. The van der Waals surface area contributed by atoms with Crippen molar-refractivity contribution in [3.05, 3.63) is 27.2 Å². The van der Waals surface area contributed by atoms with Crippen LogP contribution in [0.1, 0.15) is 16.4 Å². The maximum atomic E-state index is 10.5. The number of rotatable bonds is 5. The van der Waals surface area contributed by atoms with Gasteiger partial charge in [0.25, 0.3) is 0 Å². The number of aliphatic carboxylic acids is 1. The molecule has 90 valence electrons. The maximum Gasteiger partial charge on any atom is 0.309 e. The molecule has 0 saturated carbocycles. The lowest BCUT2D eigenvalue weighted by atomic mass is 10.3. The van der Waals surface area contributed by atoms with Crippen LogP contribution in [0.5, 0.6) is 0 Å². The van der Waals surface area contributed by atoms with Gasteiger partial charge in [-0.05, 0) is 6.92 Å². The number of anilines is 1. The Morgan fingerprint density at radius 3 is 2.76 bits per heavy atom. The minimum atomic E-state index is -0.864. The van der Waals surface area contributed by atoms with Crippen molar-refractivity contribution < 1.29 is 9.90 Å². The highest BCUT2D eigenvalue weighted by Crippen LogP contribution is 2.17. The van der Waals surface area contributed by atoms with Crippen LogP contribution in [0.2, 0.25) is 0 Å². The molecule has 0 unspecified atom stereocenters. The summed E-state index contributed by atoms with van der Waals surface area (Å²) in [7, 11) is 0. The Morgan fingerprint density at radius 2 is 2.12 bits per heavy atom. The fraction of sp³-hybridized carbons (Fsp3) is 0.300. The van der Waals surface area contributed by atoms with Gasteiger partial charge >= 0.3 is 5.97 Å². The molecule has 0 bridgehead atoms. The van der Waals surface area contributed by atoms with Crippen molar-refractivity contribution in [1.29, 1.82) is 0 Å². The average molecular weight is 269 g/mol. The van der Waals surface area contributed by atoms with E-state index in [9.17, 15) is 4.79 Å². The van der Waals surface area contributed by atoms with Gasteiger partial charge in [-0.1, -0.05) is 0 Å². The van der Waals surface area contributed by atoms with Gasteiger partial charge in [0.05, 0.1) is 29.4 Å².